The number of nitrogens with two attached hydrogens (primary N) is 2. The summed E-state index contributed by atoms with van der Waals surface area (Å²) in [6.45, 7) is 3.15. The van der Waals surface area contributed by atoms with Gasteiger partial charge in [-0.05, 0) is 61.4 Å². The Labute approximate surface area is 135 Å². The molecule has 0 fully saturated rings. The summed E-state index contributed by atoms with van der Waals surface area (Å²) in [6, 6.07) is 6.97. The zero-order chi connectivity index (χ0) is 18.7. The van der Waals surface area contributed by atoms with Crippen molar-refractivity contribution in [2.45, 2.75) is 26.2 Å². The van der Waals surface area contributed by atoms with Gasteiger partial charge in [-0.25, -0.2) is 0 Å². The van der Waals surface area contributed by atoms with E-state index >= 15 is 0 Å². The molecule has 0 spiro atoms. The third kappa shape index (κ3) is 6.02. The molecule has 0 bridgehead atoms. The van der Waals surface area contributed by atoms with Gasteiger partial charge in [0, 0.05) is 11.4 Å². The highest BCUT2D eigenvalue weighted by Gasteiger charge is 2.31. The van der Waals surface area contributed by atoms with Gasteiger partial charge in [0.15, 0.2) is 0 Å². The van der Waals surface area contributed by atoms with Crippen LogP contribution in [0.3, 0.4) is 0 Å². The molecule has 2 aromatic carbocycles. The average molecular weight is 350 g/mol. The fraction of sp³-hybridized carbons (Fsp3) is 0.250. The third-order valence-electron chi connectivity index (χ3n) is 2.85. The number of nitrogen functional groups attached to an aromatic ring is 2. The maximum Gasteiger partial charge on any atom is 0.416 e. The third-order valence-corrected chi connectivity index (χ3v) is 2.85. The van der Waals surface area contributed by atoms with Gasteiger partial charge in [0.05, 0.1) is 11.1 Å². The molecular weight excluding hydrogens is 334 g/mol. The van der Waals surface area contributed by atoms with Crippen molar-refractivity contribution in [3.8, 4) is 0 Å². The van der Waals surface area contributed by atoms with E-state index in [4.69, 9.17) is 11.5 Å². The molecule has 8 heteroatoms. The Hall–Kier alpha value is -2.38. The minimum absolute atomic E-state index is 0.141. The largest absolute Gasteiger partial charge is 0.416 e. The molecule has 0 amide bonds. The lowest BCUT2D eigenvalue weighted by molar-refractivity contribution is -0.138. The van der Waals surface area contributed by atoms with E-state index in [9.17, 15) is 26.3 Å². The number of benzene rings is 2. The Kier molecular flexibility index (Phi) is 5.75. The van der Waals surface area contributed by atoms with E-state index in [-0.39, 0.29) is 11.4 Å². The van der Waals surface area contributed by atoms with Crippen LogP contribution >= 0.6 is 0 Å². The summed E-state index contributed by atoms with van der Waals surface area (Å²) in [6.07, 6.45) is -8.61. The SMILES string of the molecule is Cc1cc(N)cc(C(F)(F)F)c1.Cc1cc(N)cc(C(F)(F)F)c1. The quantitative estimate of drug-likeness (QED) is 0.507. The summed E-state index contributed by atoms with van der Waals surface area (Å²) in [4.78, 5) is 0. The molecule has 0 aliphatic carbocycles. The van der Waals surface area contributed by atoms with Gasteiger partial charge in [-0.3, -0.25) is 0 Å². The van der Waals surface area contributed by atoms with E-state index in [0.717, 1.165) is 24.3 Å². The minimum Gasteiger partial charge on any atom is -0.399 e. The van der Waals surface area contributed by atoms with Gasteiger partial charge in [0.25, 0.3) is 0 Å². The van der Waals surface area contributed by atoms with Crippen LogP contribution in [0.4, 0.5) is 37.7 Å². The first-order chi connectivity index (χ1) is 10.8. The lowest BCUT2D eigenvalue weighted by atomic mass is 10.1. The highest BCUT2D eigenvalue weighted by molar-refractivity contribution is 5.45. The highest BCUT2D eigenvalue weighted by atomic mass is 19.4. The van der Waals surface area contributed by atoms with Crippen molar-refractivity contribution >= 4 is 11.4 Å². The molecule has 4 N–H and O–H groups in total. The van der Waals surface area contributed by atoms with Gasteiger partial charge in [0.2, 0.25) is 0 Å². The fourth-order valence-electron chi connectivity index (χ4n) is 1.95. The molecule has 2 aromatic rings. The second kappa shape index (κ2) is 7.02. The van der Waals surface area contributed by atoms with Crippen molar-refractivity contribution in [3.05, 3.63) is 58.7 Å². The Morgan fingerprint density at radius 3 is 1.08 bits per heavy atom. The Morgan fingerprint density at radius 2 is 0.875 bits per heavy atom. The monoisotopic (exact) mass is 350 g/mol. The first-order valence-electron chi connectivity index (χ1n) is 6.68. The van der Waals surface area contributed by atoms with E-state index in [1.807, 2.05) is 0 Å². The van der Waals surface area contributed by atoms with Crippen molar-refractivity contribution in [1.82, 2.24) is 0 Å². The number of aryl methyl sites for hydroxylation is 2. The van der Waals surface area contributed by atoms with E-state index < -0.39 is 23.5 Å². The molecule has 0 saturated carbocycles. The topological polar surface area (TPSA) is 52.0 Å². The summed E-state index contributed by atoms with van der Waals surface area (Å²) in [5, 5.41) is 0. The summed E-state index contributed by atoms with van der Waals surface area (Å²) < 4.78 is 72.6. The molecule has 24 heavy (non-hydrogen) atoms. The molecule has 0 radical (unpaired) electrons. The van der Waals surface area contributed by atoms with E-state index in [2.05, 4.69) is 0 Å². The fourth-order valence-corrected chi connectivity index (χ4v) is 1.95. The molecule has 0 aliphatic rings. The van der Waals surface area contributed by atoms with Crippen LogP contribution in [0, 0.1) is 13.8 Å². The Bertz CT molecular complexity index is 603. The molecule has 0 saturated heterocycles. The number of hydrogen-bond donors (Lipinski definition) is 2. The van der Waals surface area contributed by atoms with Crippen LogP contribution in [0.25, 0.3) is 0 Å². The van der Waals surface area contributed by atoms with E-state index in [1.165, 1.54) is 12.1 Å². The molecule has 2 rings (SSSR count). The van der Waals surface area contributed by atoms with Crippen molar-refractivity contribution in [3.63, 3.8) is 0 Å². The smallest absolute Gasteiger partial charge is 0.399 e. The number of halogens is 6. The highest BCUT2D eigenvalue weighted by Crippen LogP contribution is 2.31. The van der Waals surface area contributed by atoms with Crippen LogP contribution in [0.15, 0.2) is 36.4 Å². The molecule has 0 unspecified atom stereocenters. The minimum atomic E-state index is -4.31. The maximum absolute atomic E-state index is 12.1. The van der Waals surface area contributed by atoms with Crippen LogP contribution in [0.1, 0.15) is 22.3 Å². The zero-order valence-electron chi connectivity index (χ0n) is 12.9. The average Bonchev–Trinajstić information content (AvgIpc) is 2.35. The van der Waals surface area contributed by atoms with Crippen molar-refractivity contribution in [2.75, 3.05) is 11.5 Å². The van der Waals surface area contributed by atoms with E-state index in [1.54, 1.807) is 13.8 Å². The molecular formula is C16H16F6N2. The van der Waals surface area contributed by atoms with Gasteiger partial charge in [0.1, 0.15) is 0 Å². The van der Waals surface area contributed by atoms with Crippen LogP contribution < -0.4 is 11.5 Å². The molecule has 0 atom stereocenters. The van der Waals surface area contributed by atoms with Crippen LogP contribution in [-0.2, 0) is 12.4 Å². The molecule has 0 aromatic heterocycles. The summed E-state index contributed by atoms with van der Waals surface area (Å²) in [5.74, 6) is 0. The molecule has 2 nitrogen and oxygen atoms in total. The number of anilines is 2. The van der Waals surface area contributed by atoms with Crippen molar-refractivity contribution in [2.24, 2.45) is 0 Å². The van der Waals surface area contributed by atoms with E-state index in [0.29, 0.717) is 11.1 Å². The van der Waals surface area contributed by atoms with Crippen LogP contribution in [-0.4, -0.2) is 0 Å². The summed E-state index contributed by atoms with van der Waals surface area (Å²) in [7, 11) is 0. The lowest BCUT2D eigenvalue weighted by Crippen LogP contribution is -2.05. The van der Waals surface area contributed by atoms with Crippen LogP contribution in [0.5, 0.6) is 0 Å². The van der Waals surface area contributed by atoms with Gasteiger partial charge in [-0.15, -0.1) is 0 Å². The number of hydrogen-bond acceptors (Lipinski definition) is 2. The predicted octanol–water partition coefficient (Wildman–Crippen LogP) is 5.19. The number of alkyl halides is 6. The van der Waals surface area contributed by atoms with Gasteiger partial charge in [-0.2, -0.15) is 26.3 Å². The first kappa shape index (κ1) is 19.7. The second-order valence-electron chi connectivity index (χ2n) is 5.26. The van der Waals surface area contributed by atoms with Crippen molar-refractivity contribution < 1.29 is 26.3 Å². The first-order valence-corrected chi connectivity index (χ1v) is 6.68. The Balaban J connectivity index is 0.000000240. The van der Waals surface area contributed by atoms with Gasteiger partial charge >= 0.3 is 12.4 Å². The Morgan fingerprint density at radius 1 is 0.583 bits per heavy atom. The van der Waals surface area contributed by atoms with Crippen LogP contribution in [0.2, 0.25) is 0 Å². The molecule has 132 valence electrons. The lowest BCUT2D eigenvalue weighted by Gasteiger charge is -2.07. The predicted molar refractivity (Wildman–Crippen MR) is 81.2 cm³/mol. The standard InChI is InChI=1S/2C8H8F3N/c2*1-5-2-6(8(9,10)11)4-7(12)3-5/h2*2-4H,12H2,1H3. The van der Waals surface area contributed by atoms with Gasteiger partial charge in [-0.1, -0.05) is 0 Å². The zero-order valence-corrected chi connectivity index (χ0v) is 12.9. The second-order valence-corrected chi connectivity index (χ2v) is 5.26. The summed E-state index contributed by atoms with van der Waals surface area (Å²) in [5.41, 5.74) is 10.4. The van der Waals surface area contributed by atoms with Gasteiger partial charge < -0.3 is 11.5 Å². The maximum atomic E-state index is 12.1. The number of rotatable bonds is 0. The molecule has 0 aliphatic heterocycles. The summed E-state index contributed by atoms with van der Waals surface area (Å²) >= 11 is 0. The van der Waals surface area contributed by atoms with Crippen molar-refractivity contribution in [1.29, 1.82) is 0 Å². The normalized spacial score (nSPS) is 11.7. The molecule has 0 heterocycles.